The maximum Gasteiger partial charge on any atom is 0.0334 e. The van der Waals surface area contributed by atoms with Crippen LogP contribution < -0.4 is 5.73 Å². The summed E-state index contributed by atoms with van der Waals surface area (Å²) >= 11 is 1.83. The minimum atomic E-state index is 0.605. The molecule has 1 aromatic rings. The first kappa shape index (κ1) is 10.9. The van der Waals surface area contributed by atoms with Crippen molar-refractivity contribution < 1.29 is 0 Å². The Kier molecular flexibility index (Phi) is 3.57. The van der Waals surface area contributed by atoms with Crippen molar-refractivity contribution in [1.82, 2.24) is 4.90 Å². The van der Waals surface area contributed by atoms with E-state index in [0.29, 0.717) is 6.54 Å². The fourth-order valence-corrected chi connectivity index (χ4v) is 2.44. The maximum atomic E-state index is 5.59. The van der Waals surface area contributed by atoms with Crippen LogP contribution in [0.2, 0.25) is 0 Å². The number of nitrogens with zero attached hydrogens (tertiary/aromatic N) is 1. The molecule has 0 saturated heterocycles. The molecule has 1 aliphatic carbocycles. The van der Waals surface area contributed by atoms with Crippen LogP contribution in [0, 0.1) is 0 Å². The van der Waals surface area contributed by atoms with Crippen molar-refractivity contribution in [3.8, 4) is 0 Å². The zero-order valence-corrected chi connectivity index (χ0v) is 9.80. The zero-order valence-electron chi connectivity index (χ0n) is 8.98. The molecule has 2 nitrogen and oxygen atoms in total. The molecule has 15 heavy (non-hydrogen) atoms. The van der Waals surface area contributed by atoms with Gasteiger partial charge in [0.05, 0.1) is 0 Å². The van der Waals surface area contributed by atoms with Crippen LogP contribution in [0.25, 0.3) is 0 Å². The van der Waals surface area contributed by atoms with E-state index < -0.39 is 0 Å². The summed E-state index contributed by atoms with van der Waals surface area (Å²) in [5.74, 6) is 0. The van der Waals surface area contributed by atoms with Crippen LogP contribution in [0.5, 0.6) is 0 Å². The van der Waals surface area contributed by atoms with E-state index in [2.05, 4.69) is 29.0 Å². The fraction of sp³-hybridized carbons (Fsp3) is 0.500. The van der Waals surface area contributed by atoms with Crippen molar-refractivity contribution >= 4 is 11.3 Å². The number of hydrogen-bond donors (Lipinski definition) is 1. The summed E-state index contributed by atoms with van der Waals surface area (Å²) in [7, 11) is 0. The minimum Gasteiger partial charge on any atom is -0.327 e. The van der Waals surface area contributed by atoms with Crippen LogP contribution in [0.1, 0.15) is 17.7 Å². The highest BCUT2D eigenvalue weighted by atomic mass is 32.1. The number of hydrogen-bond acceptors (Lipinski definition) is 3. The topological polar surface area (TPSA) is 29.3 Å². The van der Waals surface area contributed by atoms with Gasteiger partial charge in [0, 0.05) is 30.6 Å². The molecule has 0 aliphatic heterocycles. The summed E-state index contributed by atoms with van der Waals surface area (Å²) in [6.07, 6.45) is 2.67. The molecule has 2 N–H and O–H groups in total. The molecule has 0 aromatic carbocycles. The Morgan fingerprint density at radius 2 is 2.40 bits per heavy atom. The molecular weight excluding hydrogens is 204 g/mol. The van der Waals surface area contributed by atoms with E-state index >= 15 is 0 Å². The van der Waals surface area contributed by atoms with E-state index in [1.165, 1.54) is 17.7 Å². The largest absolute Gasteiger partial charge is 0.327 e. The molecule has 0 atom stereocenters. The summed E-state index contributed by atoms with van der Waals surface area (Å²) in [6.45, 7) is 6.61. The monoisotopic (exact) mass is 222 g/mol. The van der Waals surface area contributed by atoms with E-state index in [1.54, 1.807) is 0 Å². The van der Waals surface area contributed by atoms with Crippen LogP contribution >= 0.6 is 11.3 Å². The molecule has 1 fully saturated rings. The average Bonchev–Trinajstić information content (AvgIpc) is 2.97. The lowest BCUT2D eigenvalue weighted by Crippen LogP contribution is -2.29. The molecule has 1 saturated carbocycles. The first-order chi connectivity index (χ1) is 7.29. The molecule has 0 radical (unpaired) electrons. The van der Waals surface area contributed by atoms with Gasteiger partial charge in [-0.3, -0.25) is 4.90 Å². The molecule has 82 valence electrons. The van der Waals surface area contributed by atoms with Gasteiger partial charge in [0.15, 0.2) is 0 Å². The predicted molar refractivity (Wildman–Crippen MR) is 65.9 cm³/mol. The van der Waals surface area contributed by atoms with Crippen molar-refractivity contribution in [2.24, 2.45) is 5.73 Å². The van der Waals surface area contributed by atoms with E-state index in [0.717, 1.165) is 24.7 Å². The van der Waals surface area contributed by atoms with Crippen molar-refractivity contribution in [2.45, 2.75) is 25.4 Å². The molecular formula is C12H18N2S. The summed E-state index contributed by atoms with van der Waals surface area (Å²) in [4.78, 5) is 3.94. The molecule has 1 aliphatic rings. The van der Waals surface area contributed by atoms with Crippen molar-refractivity contribution in [1.29, 1.82) is 0 Å². The molecule has 0 unspecified atom stereocenters. The molecule has 0 spiro atoms. The van der Waals surface area contributed by atoms with Gasteiger partial charge >= 0.3 is 0 Å². The van der Waals surface area contributed by atoms with Gasteiger partial charge in [-0.05, 0) is 29.9 Å². The third-order valence-electron chi connectivity index (χ3n) is 2.72. The summed E-state index contributed by atoms with van der Waals surface area (Å²) < 4.78 is 0. The third kappa shape index (κ3) is 3.16. The molecule has 2 rings (SSSR count). The lowest BCUT2D eigenvalue weighted by atomic mass is 10.2. The van der Waals surface area contributed by atoms with Gasteiger partial charge in [-0.1, -0.05) is 12.6 Å². The number of nitrogens with two attached hydrogens (primary N) is 1. The Bertz CT molecular complexity index is 314. The average molecular weight is 222 g/mol. The predicted octanol–water partition coefficient (Wildman–Crippen LogP) is 2.23. The Labute approximate surface area is 95.4 Å². The van der Waals surface area contributed by atoms with Gasteiger partial charge in [0.2, 0.25) is 0 Å². The summed E-state index contributed by atoms with van der Waals surface area (Å²) in [5.41, 5.74) is 6.73. The van der Waals surface area contributed by atoms with Gasteiger partial charge in [0.25, 0.3) is 0 Å². The SMILES string of the molecule is C=C(CN)CN(Cc1cccs1)C1CC1. The van der Waals surface area contributed by atoms with Gasteiger partial charge < -0.3 is 5.73 Å². The van der Waals surface area contributed by atoms with Crippen LogP contribution in [-0.4, -0.2) is 24.0 Å². The van der Waals surface area contributed by atoms with Gasteiger partial charge in [-0.15, -0.1) is 11.3 Å². The number of thiophene rings is 1. The minimum absolute atomic E-state index is 0.605. The lowest BCUT2D eigenvalue weighted by Gasteiger charge is -2.21. The van der Waals surface area contributed by atoms with Crippen LogP contribution in [0.4, 0.5) is 0 Å². The fourth-order valence-electron chi connectivity index (χ4n) is 1.71. The second-order valence-corrected chi connectivity index (χ2v) is 5.20. The van der Waals surface area contributed by atoms with Crippen LogP contribution in [-0.2, 0) is 6.54 Å². The second-order valence-electron chi connectivity index (χ2n) is 4.17. The summed E-state index contributed by atoms with van der Waals surface area (Å²) in [6, 6.07) is 5.09. The highest BCUT2D eigenvalue weighted by Crippen LogP contribution is 2.29. The van der Waals surface area contributed by atoms with Crippen LogP contribution in [0.15, 0.2) is 29.7 Å². The first-order valence-corrected chi connectivity index (χ1v) is 6.30. The van der Waals surface area contributed by atoms with E-state index in [-0.39, 0.29) is 0 Å². The van der Waals surface area contributed by atoms with E-state index in [4.69, 9.17) is 5.73 Å². The number of rotatable bonds is 6. The van der Waals surface area contributed by atoms with Gasteiger partial charge in [-0.25, -0.2) is 0 Å². The van der Waals surface area contributed by atoms with Crippen molar-refractivity contribution in [3.05, 3.63) is 34.5 Å². The Balaban J connectivity index is 1.91. The zero-order chi connectivity index (χ0) is 10.7. The van der Waals surface area contributed by atoms with Gasteiger partial charge in [-0.2, -0.15) is 0 Å². The van der Waals surface area contributed by atoms with E-state index in [1.807, 2.05) is 11.3 Å². The molecule has 0 amide bonds. The first-order valence-electron chi connectivity index (χ1n) is 5.42. The smallest absolute Gasteiger partial charge is 0.0334 e. The maximum absolute atomic E-state index is 5.59. The van der Waals surface area contributed by atoms with Crippen molar-refractivity contribution in [3.63, 3.8) is 0 Å². The standard InChI is InChI=1S/C12H18N2S/c1-10(7-13)8-14(11-4-5-11)9-12-3-2-6-15-12/h2-3,6,11H,1,4-5,7-9,13H2. The molecule has 1 aromatic heterocycles. The normalized spacial score (nSPS) is 15.9. The Hall–Kier alpha value is -0.640. The summed E-state index contributed by atoms with van der Waals surface area (Å²) in [5, 5.41) is 2.14. The lowest BCUT2D eigenvalue weighted by molar-refractivity contribution is 0.279. The highest BCUT2D eigenvalue weighted by Gasteiger charge is 2.29. The van der Waals surface area contributed by atoms with Crippen molar-refractivity contribution in [2.75, 3.05) is 13.1 Å². The Morgan fingerprint density at radius 3 is 2.93 bits per heavy atom. The molecule has 3 heteroatoms. The second kappa shape index (κ2) is 4.92. The quantitative estimate of drug-likeness (QED) is 0.748. The van der Waals surface area contributed by atoms with E-state index in [9.17, 15) is 0 Å². The molecule has 1 heterocycles. The van der Waals surface area contributed by atoms with Gasteiger partial charge in [0.1, 0.15) is 0 Å². The Morgan fingerprint density at radius 1 is 1.60 bits per heavy atom. The highest BCUT2D eigenvalue weighted by molar-refractivity contribution is 7.09. The van der Waals surface area contributed by atoms with Crippen LogP contribution in [0.3, 0.4) is 0 Å². The molecule has 0 bridgehead atoms. The third-order valence-corrected chi connectivity index (χ3v) is 3.58.